The Bertz CT molecular complexity index is 752. The van der Waals surface area contributed by atoms with Gasteiger partial charge in [0.25, 0.3) is 5.56 Å². The van der Waals surface area contributed by atoms with E-state index in [-0.39, 0.29) is 24.3 Å². The van der Waals surface area contributed by atoms with Crippen LogP contribution in [0.5, 0.6) is 0 Å². The van der Waals surface area contributed by atoms with Crippen LogP contribution in [0.3, 0.4) is 0 Å². The minimum absolute atomic E-state index is 0.0704. The van der Waals surface area contributed by atoms with E-state index < -0.39 is 5.92 Å². The van der Waals surface area contributed by atoms with Crippen LogP contribution in [0.15, 0.2) is 23.0 Å². The number of hydrogen-bond acceptors (Lipinski definition) is 2. The van der Waals surface area contributed by atoms with Crippen LogP contribution < -0.4 is 5.56 Å². The van der Waals surface area contributed by atoms with E-state index in [1.807, 2.05) is 18.2 Å². The van der Waals surface area contributed by atoms with Crippen molar-refractivity contribution in [3.8, 4) is 0 Å². The predicted molar refractivity (Wildman–Crippen MR) is 82.6 cm³/mol. The average Bonchev–Trinajstić information content (AvgIpc) is 2.45. The Labute approximate surface area is 127 Å². The van der Waals surface area contributed by atoms with Gasteiger partial charge in [0.2, 0.25) is 5.92 Å². The van der Waals surface area contributed by atoms with Gasteiger partial charge in [0.05, 0.1) is 10.9 Å². The van der Waals surface area contributed by atoms with E-state index in [0.717, 1.165) is 5.56 Å². The molecular weight excluding hydrogens is 286 g/mol. The summed E-state index contributed by atoms with van der Waals surface area (Å²) in [7, 11) is 0. The summed E-state index contributed by atoms with van der Waals surface area (Å²) in [6, 6.07) is 5.59. The molecule has 1 heterocycles. The number of alkyl halides is 2. The Morgan fingerprint density at radius 3 is 2.82 bits per heavy atom. The molecule has 2 aromatic rings. The summed E-state index contributed by atoms with van der Waals surface area (Å²) in [6.07, 6.45) is 0.810. The Morgan fingerprint density at radius 2 is 2.14 bits per heavy atom. The highest BCUT2D eigenvalue weighted by Crippen LogP contribution is 2.40. The number of fused-ring (bicyclic) bond motifs is 1. The molecule has 0 saturated heterocycles. The molecule has 1 fully saturated rings. The Morgan fingerprint density at radius 1 is 1.36 bits per heavy atom. The second-order valence-corrected chi connectivity index (χ2v) is 6.53. The van der Waals surface area contributed by atoms with Crippen LogP contribution in [0.25, 0.3) is 10.9 Å². The van der Waals surface area contributed by atoms with Crippen molar-refractivity contribution in [2.75, 3.05) is 0 Å². The lowest BCUT2D eigenvalue weighted by atomic mass is 9.86. The largest absolute Gasteiger partial charge is 0.310 e. The lowest BCUT2D eigenvalue weighted by Crippen LogP contribution is -2.27. The molecule has 0 bridgehead atoms. The number of benzene rings is 1. The van der Waals surface area contributed by atoms with Gasteiger partial charge in [-0.25, -0.2) is 13.8 Å². The highest BCUT2D eigenvalue weighted by molar-refractivity contribution is 5.78. The molecule has 1 aliphatic rings. The average molecular weight is 306 g/mol. The second-order valence-electron chi connectivity index (χ2n) is 6.53. The van der Waals surface area contributed by atoms with Gasteiger partial charge in [-0.1, -0.05) is 19.9 Å². The van der Waals surface area contributed by atoms with E-state index >= 15 is 0 Å². The molecule has 3 rings (SSSR count). The summed E-state index contributed by atoms with van der Waals surface area (Å²) < 4.78 is 27.2. The first kappa shape index (κ1) is 15.1. The third-order valence-electron chi connectivity index (χ3n) is 4.44. The molecule has 1 unspecified atom stereocenters. The van der Waals surface area contributed by atoms with Gasteiger partial charge in [0.15, 0.2) is 0 Å². The topological polar surface area (TPSA) is 45.8 Å². The third kappa shape index (κ3) is 2.89. The summed E-state index contributed by atoms with van der Waals surface area (Å²) in [6.45, 7) is 4.11. The molecule has 0 aliphatic heterocycles. The Balaban J connectivity index is 2.02. The van der Waals surface area contributed by atoms with Crippen LogP contribution in [0.1, 0.15) is 62.8 Å². The van der Waals surface area contributed by atoms with Crippen LogP contribution in [0, 0.1) is 0 Å². The summed E-state index contributed by atoms with van der Waals surface area (Å²) in [4.78, 5) is 19.5. The van der Waals surface area contributed by atoms with Gasteiger partial charge in [-0.2, -0.15) is 0 Å². The molecule has 5 heteroatoms. The van der Waals surface area contributed by atoms with Crippen LogP contribution in [-0.4, -0.2) is 15.9 Å². The van der Waals surface area contributed by atoms with Crippen molar-refractivity contribution in [3.63, 3.8) is 0 Å². The maximum absolute atomic E-state index is 13.6. The van der Waals surface area contributed by atoms with Gasteiger partial charge in [-0.15, -0.1) is 0 Å². The zero-order valence-electron chi connectivity index (χ0n) is 12.8. The van der Waals surface area contributed by atoms with Crippen molar-refractivity contribution >= 4 is 10.9 Å². The van der Waals surface area contributed by atoms with Crippen molar-refractivity contribution in [3.05, 3.63) is 39.9 Å². The fraction of sp³-hybridized carbons (Fsp3) is 0.529. The number of halogens is 2. The molecule has 1 saturated carbocycles. The Kier molecular flexibility index (Phi) is 3.75. The quantitative estimate of drug-likeness (QED) is 0.897. The van der Waals surface area contributed by atoms with Gasteiger partial charge in [-0.05, 0) is 36.5 Å². The first-order chi connectivity index (χ1) is 10.4. The van der Waals surface area contributed by atoms with E-state index in [1.54, 1.807) is 0 Å². The maximum Gasteiger partial charge on any atom is 0.258 e. The minimum atomic E-state index is -2.65. The highest BCUT2D eigenvalue weighted by atomic mass is 19.3. The zero-order valence-corrected chi connectivity index (χ0v) is 12.8. The van der Waals surface area contributed by atoms with E-state index in [1.165, 1.54) is 0 Å². The monoisotopic (exact) mass is 306 g/mol. The van der Waals surface area contributed by atoms with Crippen molar-refractivity contribution in [2.24, 2.45) is 0 Å². The standard InChI is InChI=1S/C17H20F2N2O/c1-10(2)11-5-6-14-13(8-11)16(22)21-15(20-14)12-4-3-7-17(18,19)9-12/h5-6,8,10,12H,3-4,7,9H2,1-2H3,(H,20,21,22). The molecule has 1 N–H and O–H groups in total. The van der Waals surface area contributed by atoms with Crippen LogP contribution >= 0.6 is 0 Å². The molecule has 1 atom stereocenters. The number of hydrogen-bond donors (Lipinski definition) is 1. The zero-order chi connectivity index (χ0) is 15.9. The van der Waals surface area contributed by atoms with Crippen LogP contribution in [0.2, 0.25) is 0 Å². The number of nitrogens with one attached hydrogen (secondary N) is 1. The molecule has 118 valence electrons. The highest BCUT2D eigenvalue weighted by Gasteiger charge is 2.37. The Hall–Kier alpha value is -1.78. The van der Waals surface area contributed by atoms with E-state index in [4.69, 9.17) is 0 Å². The third-order valence-corrected chi connectivity index (χ3v) is 4.44. The molecule has 1 aliphatic carbocycles. The molecule has 1 aromatic heterocycles. The number of H-pyrrole nitrogens is 1. The fourth-order valence-corrected chi connectivity index (χ4v) is 3.13. The predicted octanol–water partition coefficient (Wildman–Crippen LogP) is 4.34. The number of aromatic nitrogens is 2. The molecule has 0 radical (unpaired) electrons. The molecule has 1 aromatic carbocycles. The van der Waals surface area contributed by atoms with Gasteiger partial charge >= 0.3 is 0 Å². The number of rotatable bonds is 2. The van der Waals surface area contributed by atoms with Gasteiger partial charge in [0.1, 0.15) is 5.82 Å². The number of aromatic amines is 1. The molecule has 22 heavy (non-hydrogen) atoms. The van der Waals surface area contributed by atoms with E-state index in [9.17, 15) is 13.6 Å². The second kappa shape index (κ2) is 5.45. The first-order valence-corrected chi connectivity index (χ1v) is 7.77. The SMILES string of the molecule is CC(C)c1ccc2nc(C3CCCC(F)(F)C3)[nH]c(=O)c2c1. The molecule has 3 nitrogen and oxygen atoms in total. The van der Waals surface area contributed by atoms with Gasteiger partial charge < -0.3 is 4.98 Å². The van der Waals surface area contributed by atoms with Crippen molar-refractivity contribution < 1.29 is 8.78 Å². The molecule has 0 amide bonds. The summed E-state index contributed by atoms with van der Waals surface area (Å²) in [5.41, 5.74) is 1.41. The molecular formula is C17H20F2N2O. The van der Waals surface area contributed by atoms with E-state index in [0.29, 0.717) is 35.5 Å². The van der Waals surface area contributed by atoms with Crippen LogP contribution in [-0.2, 0) is 0 Å². The normalized spacial score (nSPS) is 21.4. The van der Waals surface area contributed by atoms with Crippen molar-refractivity contribution in [2.45, 2.75) is 57.3 Å². The maximum atomic E-state index is 13.6. The smallest absolute Gasteiger partial charge is 0.258 e. The number of nitrogens with zero attached hydrogens (tertiary/aromatic N) is 1. The lowest BCUT2D eigenvalue weighted by molar-refractivity contribution is -0.0417. The summed E-state index contributed by atoms with van der Waals surface area (Å²) in [5, 5.41) is 0.525. The van der Waals surface area contributed by atoms with E-state index in [2.05, 4.69) is 23.8 Å². The molecule has 0 spiro atoms. The van der Waals surface area contributed by atoms with Crippen molar-refractivity contribution in [1.82, 2.24) is 9.97 Å². The first-order valence-electron chi connectivity index (χ1n) is 7.77. The lowest BCUT2D eigenvalue weighted by Gasteiger charge is -2.28. The van der Waals surface area contributed by atoms with Crippen molar-refractivity contribution in [1.29, 1.82) is 0 Å². The minimum Gasteiger partial charge on any atom is -0.310 e. The summed E-state index contributed by atoms with van der Waals surface area (Å²) in [5.74, 6) is -2.31. The van der Waals surface area contributed by atoms with Crippen LogP contribution in [0.4, 0.5) is 8.78 Å². The van der Waals surface area contributed by atoms with Gasteiger partial charge in [0, 0.05) is 18.8 Å². The summed E-state index contributed by atoms with van der Waals surface area (Å²) >= 11 is 0. The fourth-order valence-electron chi connectivity index (χ4n) is 3.13. The van der Waals surface area contributed by atoms with Gasteiger partial charge in [-0.3, -0.25) is 4.79 Å².